The number of benzene rings is 2. The first-order valence-corrected chi connectivity index (χ1v) is 22.4. The van der Waals surface area contributed by atoms with Gasteiger partial charge in [-0.15, -0.1) is 34.0 Å². The molecule has 5 rings (SSSR count). The summed E-state index contributed by atoms with van der Waals surface area (Å²) in [5.41, 5.74) is 5.46. The van der Waals surface area contributed by atoms with Crippen molar-refractivity contribution in [3.63, 3.8) is 0 Å². The van der Waals surface area contributed by atoms with E-state index in [1.807, 2.05) is 0 Å². The van der Waals surface area contributed by atoms with E-state index in [1.54, 1.807) is 18.2 Å². The van der Waals surface area contributed by atoms with Crippen LogP contribution in [0.4, 0.5) is 10.0 Å². The summed E-state index contributed by atoms with van der Waals surface area (Å²) < 4.78 is 97.5. The van der Waals surface area contributed by atoms with Crippen molar-refractivity contribution in [2.75, 3.05) is 12.5 Å². The Morgan fingerprint density at radius 3 is 1.31 bits per heavy atom. The van der Waals surface area contributed by atoms with Gasteiger partial charge in [0.2, 0.25) is 29.7 Å². The highest BCUT2D eigenvalue weighted by atomic mass is 35.5. The Hall–Kier alpha value is -3.43. The van der Waals surface area contributed by atoms with Gasteiger partial charge < -0.3 is 5.73 Å². The van der Waals surface area contributed by atoms with E-state index in [9.17, 15) is 33.7 Å². The summed E-state index contributed by atoms with van der Waals surface area (Å²) >= 11 is 8.68. The molecule has 0 atom stereocenters. The number of hydrogen-bond donors (Lipinski definition) is 1. The monoisotopic (exact) mass is 801 g/mol. The van der Waals surface area contributed by atoms with E-state index in [-0.39, 0.29) is 39.5 Å². The molecule has 0 unspecified atom stereocenters. The molecule has 5 aromatic rings. The van der Waals surface area contributed by atoms with Crippen molar-refractivity contribution in [1.29, 1.82) is 0 Å². The number of halogens is 1. The van der Waals surface area contributed by atoms with Crippen molar-refractivity contribution in [2.45, 2.75) is 34.5 Å². The van der Waals surface area contributed by atoms with E-state index in [0.29, 0.717) is 9.34 Å². The van der Waals surface area contributed by atoms with Gasteiger partial charge in [-0.3, -0.25) is 0 Å². The van der Waals surface area contributed by atoms with Gasteiger partial charge in [0, 0.05) is 23.9 Å². The maximum Gasteiger partial charge on any atom is 0.242 e. The predicted octanol–water partition coefficient (Wildman–Crippen LogP) is 6.93. The van der Waals surface area contributed by atoms with Crippen LogP contribution >= 0.6 is 45.6 Å². The Kier molecular flexibility index (Phi) is 12.9. The average molecular weight is 802 g/mol. The van der Waals surface area contributed by atoms with Gasteiger partial charge in [-0.1, -0.05) is 35.9 Å². The van der Waals surface area contributed by atoms with Gasteiger partial charge in [0.1, 0.15) is 8.42 Å². The fourth-order valence-electron chi connectivity index (χ4n) is 3.67. The SMILES string of the molecule is CS(=O)(=O)c1ccccc1S(=O)(=O)c1ccc(CN)s1.[C-]#[N+]c1ccc(Cl)s1.[C-]#[N+]c1ccc(S(=O)(=O)c2ccccc2S(C)(=O)=O)s1. The van der Waals surface area contributed by atoms with Crippen LogP contribution in [0.1, 0.15) is 4.88 Å². The van der Waals surface area contributed by atoms with Gasteiger partial charge in [-0.2, -0.15) is 0 Å². The van der Waals surface area contributed by atoms with Crippen LogP contribution < -0.4 is 5.73 Å². The molecular weight excluding hydrogens is 778 g/mol. The van der Waals surface area contributed by atoms with Gasteiger partial charge >= 0.3 is 0 Å². The summed E-state index contributed by atoms with van der Waals surface area (Å²) in [6, 6.07) is 20.2. The van der Waals surface area contributed by atoms with Crippen molar-refractivity contribution >= 4 is 95.0 Å². The molecule has 0 fully saturated rings. The first-order valence-electron chi connectivity index (χ1n) is 12.8. The van der Waals surface area contributed by atoms with Crippen molar-refractivity contribution < 1.29 is 33.7 Å². The Balaban J connectivity index is 0.000000212. The third kappa shape index (κ3) is 9.59. The summed E-state index contributed by atoms with van der Waals surface area (Å²) in [5, 5.41) is 0.885. The molecule has 0 saturated heterocycles. The highest BCUT2D eigenvalue weighted by molar-refractivity contribution is 7.96. The first-order chi connectivity index (χ1) is 22.4. The number of sulfone groups is 4. The van der Waals surface area contributed by atoms with Gasteiger partial charge in [-0.05, 0) is 60.7 Å². The zero-order chi connectivity index (χ0) is 35.9. The fourth-order valence-corrected chi connectivity index (χ4v) is 12.8. The molecule has 0 aliphatic heterocycles. The number of nitrogens with zero attached hydrogens (tertiary/aromatic N) is 2. The molecule has 2 N–H and O–H groups in total. The van der Waals surface area contributed by atoms with E-state index in [0.717, 1.165) is 40.1 Å². The molecule has 0 amide bonds. The molecule has 48 heavy (non-hydrogen) atoms. The second-order valence-corrected chi connectivity index (χ2v) is 21.4. The number of rotatable bonds is 7. The Morgan fingerprint density at radius 2 is 0.979 bits per heavy atom. The lowest BCUT2D eigenvalue weighted by Gasteiger charge is -2.07. The lowest BCUT2D eigenvalue weighted by Crippen LogP contribution is -2.08. The summed E-state index contributed by atoms with van der Waals surface area (Å²) in [5.74, 6) is 0. The molecule has 0 aliphatic carbocycles. The van der Waals surface area contributed by atoms with Gasteiger partial charge in [-0.25, -0.2) is 43.4 Å². The van der Waals surface area contributed by atoms with Crippen LogP contribution in [0, 0.1) is 13.1 Å². The largest absolute Gasteiger partial charge is 0.326 e. The molecule has 11 nitrogen and oxygen atoms in total. The Bertz CT molecular complexity index is 2470. The third-order valence-corrected chi connectivity index (χ3v) is 16.2. The summed E-state index contributed by atoms with van der Waals surface area (Å²) in [6.07, 6.45) is 1.95. The second-order valence-electron chi connectivity index (χ2n) is 9.26. The highest BCUT2D eigenvalue weighted by Crippen LogP contribution is 2.35. The van der Waals surface area contributed by atoms with E-state index in [2.05, 4.69) is 9.69 Å². The van der Waals surface area contributed by atoms with Gasteiger partial charge in [0.05, 0.1) is 37.1 Å². The van der Waals surface area contributed by atoms with Crippen molar-refractivity contribution in [2.24, 2.45) is 5.73 Å². The molecule has 0 spiro atoms. The molecule has 0 bridgehead atoms. The van der Waals surface area contributed by atoms with Gasteiger partial charge in [0.25, 0.3) is 0 Å². The minimum Gasteiger partial charge on any atom is -0.326 e. The minimum absolute atomic E-state index is 0.0420. The normalized spacial score (nSPS) is 11.6. The zero-order valence-electron chi connectivity index (χ0n) is 24.8. The van der Waals surface area contributed by atoms with Crippen molar-refractivity contribution in [3.8, 4) is 0 Å². The molecule has 252 valence electrons. The van der Waals surface area contributed by atoms with Crippen molar-refractivity contribution in [1.82, 2.24) is 0 Å². The first kappa shape index (κ1) is 39.0. The summed E-state index contributed by atoms with van der Waals surface area (Å²) in [4.78, 5) is 6.16. The molecule has 0 saturated carbocycles. The van der Waals surface area contributed by atoms with E-state index in [4.69, 9.17) is 30.5 Å². The lowest BCUT2D eigenvalue weighted by molar-refractivity contribution is 0.586. The number of hydrogen-bond acceptors (Lipinski definition) is 12. The van der Waals surface area contributed by atoms with Crippen LogP contribution in [0.5, 0.6) is 0 Å². The van der Waals surface area contributed by atoms with Crippen LogP contribution in [-0.2, 0) is 45.9 Å². The Morgan fingerprint density at radius 1 is 0.583 bits per heavy atom. The second kappa shape index (κ2) is 15.9. The lowest BCUT2D eigenvalue weighted by atomic mass is 10.4. The maximum atomic E-state index is 12.5. The maximum absolute atomic E-state index is 12.5. The standard InChI is InChI=1S/C12H9NO4S3.C12H13NO4S3.C5H2ClNS/c1-13-11-7-8-12(18-11)20(16,17)10-6-4-3-5-9(10)19(2,14)15;1-19(14,15)10-4-2-3-5-11(10)20(16,17)12-7-6-9(8-13)18-12;1-7-5-3-2-4(6)8-5/h3-8H,2H3;2-7H,8,13H2,1H3;2-3H. The Labute approximate surface area is 296 Å². The van der Waals surface area contributed by atoms with Crippen LogP contribution in [-0.4, -0.2) is 46.2 Å². The van der Waals surface area contributed by atoms with Crippen LogP contribution in [0.15, 0.2) is 113 Å². The molecule has 19 heteroatoms. The topological polar surface area (TPSA) is 171 Å². The fraction of sp³-hybridized carbons (Fsp3) is 0.103. The van der Waals surface area contributed by atoms with Crippen LogP contribution in [0.3, 0.4) is 0 Å². The average Bonchev–Trinajstić information content (AvgIpc) is 3.82. The zero-order valence-corrected chi connectivity index (χ0v) is 31.2. The predicted molar refractivity (Wildman–Crippen MR) is 188 cm³/mol. The van der Waals surface area contributed by atoms with E-state index < -0.39 is 39.3 Å². The van der Waals surface area contributed by atoms with Gasteiger partial charge in [0.15, 0.2) is 19.7 Å². The van der Waals surface area contributed by atoms with E-state index >= 15 is 0 Å². The third-order valence-electron chi connectivity index (χ3n) is 5.79. The molecule has 3 aromatic heterocycles. The molecule has 0 radical (unpaired) electrons. The van der Waals surface area contributed by atoms with E-state index in [1.165, 1.54) is 78.1 Å². The molecular formula is C29H24ClN3O8S7. The molecule has 2 aromatic carbocycles. The smallest absolute Gasteiger partial charge is 0.242 e. The highest BCUT2D eigenvalue weighted by Gasteiger charge is 2.27. The summed E-state index contributed by atoms with van der Waals surface area (Å²) in [7, 11) is -15.1. The van der Waals surface area contributed by atoms with Crippen molar-refractivity contribution in [3.05, 3.63) is 117 Å². The molecule has 0 aliphatic rings. The minimum atomic E-state index is -3.95. The van der Waals surface area contributed by atoms with Crippen LogP contribution in [0.25, 0.3) is 9.69 Å². The van der Waals surface area contributed by atoms with Crippen LogP contribution in [0.2, 0.25) is 4.34 Å². The number of nitrogens with two attached hydrogens (primary N) is 1. The quantitative estimate of drug-likeness (QED) is 0.171. The molecule has 3 heterocycles. The number of thiophene rings is 3. The summed E-state index contributed by atoms with van der Waals surface area (Å²) in [6.45, 7) is 13.6.